The molecule has 0 aliphatic carbocycles. The summed E-state index contributed by atoms with van der Waals surface area (Å²) >= 11 is 0. The number of ether oxygens (including phenoxy) is 1. The molecule has 1 unspecified atom stereocenters. The number of hydrogen-bond acceptors (Lipinski definition) is 5. The van der Waals surface area contributed by atoms with E-state index in [0.717, 1.165) is 30.8 Å². The molecular formula is C17H28N4O. The first-order chi connectivity index (χ1) is 10.6. The average Bonchev–Trinajstić information content (AvgIpc) is 2.56. The maximum atomic E-state index is 5.93. The van der Waals surface area contributed by atoms with E-state index in [1.54, 1.807) is 0 Å². The molecule has 3 N–H and O–H groups in total. The summed E-state index contributed by atoms with van der Waals surface area (Å²) in [6, 6.07) is 9.76. The van der Waals surface area contributed by atoms with Gasteiger partial charge in [-0.2, -0.15) is 0 Å². The molecule has 0 aliphatic rings. The molecular weight excluding hydrogens is 276 g/mol. The van der Waals surface area contributed by atoms with Crippen molar-refractivity contribution in [2.45, 2.75) is 33.3 Å². The number of nitrogens with two attached hydrogens (primary N) is 1. The van der Waals surface area contributed by atoms with Crippen LogP contribution in [0.15, 0.2) is 47.2 Å². The highest BCUT2D eigenvalue weighted by atomic mass is 16.5. The van der Waals surface area contributed by atoms with E-state index in [1.807, 2.05) is 44.2 Å². The average molecular weight is 304 g/mol. The topological polar surface area (TPSA) is 62.9 Å². The summed E-state index contributed by atoms with van der Waals surface area (Å²) in [6.07, 6.45) is 2.52. The number of hydrazone groups is 1. The SMILES string of the molecule is CCN(C)CCC(C)OC(=N/Nc1ccccc1)/C(C)=C/N. The minimum atomic E-state index is 0.0697. The molecule has 5 heteroatoms. The largest absolute Gasteiger partial charge is 0.473 e. The standard InChI is InChI=1S/C17H28N4O/c1-5-21(4)12-11-15(3)22-17(14(2)13-18)20-19-16-9-7-6-8-10-16/h6-10,13,15,19H,5,11-12,18H2,1-4H3/b14-13+,20-17+. The summed E-state index contributed by atoms with van der Waals surface area (Å²) in [6.45, 7) is 8.10. The van der Waals surface area contributed by atoms with Crippen molar-refractivity contribution < 1.29 is 4.74 Å². The molecule has 1 aromatic rings. The van der Waals surface area contributed by atoms with Crippen LogP contribution in [0, 0.1) is 0 Å². The molecule has 0 radical (unpaired) electrons. The van der Waals surface area contributed by atoms with Gasteiger partial charge >= 0.3 is 0 Å². The Balaban J connectivity index is 2.64. The molecule has 0 aliphatic heterocycles. The van der Waals surface area contributed by atoms with Gasteiger partial charge in [-0.15, -0.1) is 5.10 Å². The Labute approximate surface area is 133 Å². The minimum absolute atomic E-state index is 0.0697. The highest BCUT2D eigenvalue weighted by molar-refractivity contribution is 5.93. The summed E-state index contributed by atoms with van der Waals surface area (Å²) in [4.78, 5) is 2.25. The Morgan fingerprint density at radius 1 is 1.41 bits per heavy atom. The van der Waals surface area contributed by atoms with Crippen LogP contribution in [-0.2, 0) is 4.74 Å². The number of para-hydroxylation sites is 1. The van der Waals surface area contributed by atoms with Gasteiger partial charge in [0.2, 0.25) is 5.90 Å². The summed E-state index contributed by atoms with van der Waals surface area (Å²) in [5.74, 6) is 0.526. The zero-order valence-corrected chi connectivity index (χ0v) is 14.0. The first-order valence-corrected chi connectivity index (χ1v) is 7.69. The van der Waals surface area contributed by atoms with Gasteiger partial charge in [0.1, 0.15) is 0 Å². The van der Waals surface area contributed by atoms with Crippen LogP contribution in [0.3, 0.4) is 0 Å². The van der Waals surface area contributed by atoms with Crippen LogP contribution in [0.25, 0.3) is 0 Å². The van der Waals surface area contributed by atoms with Gasteiger partial charge in [-0.25, -0.2) is 0 Å². The van der Waals surface area contributed by atoms with Crippen LogP contribution in [0.4, 0.5) is 5.69 Å². The third-order valence-electron chi connectivity index (χ3n) is 3.42. The molecule has 5 nitrogen and oxygen atoms in total. The van der Waals surface area contributed by atoms with Crippen LogP contribution in [0.2, 0.25) is 0 Å². The Hall–Kier alpha value is -2.01. The highest BCUT2D eigenvalue weighted by Crippen LogP contribution is 2.09. The number of hydrogen-bond donors (Lipinski definition) is 2. The van der Waals surface area contributed by atoms with E-state index >= 15 is 0 Å². The fourth-order valence-corrected chi connectivity index (χ4v) is 1.72. The van der Waals surface area contributed by atoms with Crippen LogP contribution in [-0.4, -0.2) is 37.0 Å². The quantitative estimate of drug-likeness (QED) is 0.440. The lowest BCUT2D eigenvalue weighted by atomic mass is 10.2. The third-order valence-corrected chi connectivity index (χ3v) is 3.42. The summed E-state index contributed by atoms with van der Waals surface area (Å²) < 4.78 is 5.93. The zero-order valence-electron chi connectivity index (χ0n) is 14.0. The zero-order chi connectivity index (χ0) is 16.4. The molecule has 1 aromatic carbocycles. The van der Waals surface area contributed by atoms with Gasteiger partial charge in [0, 0.05) is 18.3 Å². The Morgan fingerprint density at radius 2 is 2.09 bits per heavy atom. The van der Waals surface area contributed by atoms with Gasteiger partial charge in [0.25, 0.3) is 0 Å². The van der Waals surface area contributed by atoms with Gasteiger partial charge in [-0.05, 0) is 46.0 Å². The second-order valence-electron chi connectivity index (χ2n) is 5.36. The number of rotatable bonds is 8. The molecule has 0 aromatic heterocycles. The van der Waals surface area contributed by atoms with E-state index < -0.39 is 0 Å². The first-order valence-electron chi connectivity index (χ1n) is 7.69. The number of nitrogens with one attached hydrogen (secondary N) is 1. The maximum absolute atomic E-state index is 5.93. The lowest BCUT2D eigenvalue weighted by Crippen LogP contribution is -2.25. The van der Waals surface area contributed by atoms with Crippen LogP contribution in [0.1, 0.15) is 27.2 Å². The fourth-order valence-electron chi connectivity index (χ4n) is 1.72. The summed E-state index contributed by atoms with van der Waals surface area (Å²) in [5.41, 5.74) is 10.3. The van der Waals surface area contributed by atoms with Crippen LogP contribution in [0.5, 0.6) is 0 Å². The molecule has 0 fully saturated rings. The molecule has 0 saturated heterocycles. The molecule has 0 spiro atoms. The van der Waals surface area contributed by atoms with Crippen molar-refractivity contribution in [2.24, 2.45) is 10.8 Å². The van der Waals surface area contributed by atoms with Crippen molar-refractivity contribution in [3.8, 4) is 0 Å². The number of benzene rings is 1. The van der Waals surface area contributed by atoms with Gasteiger partial charge in [0.15, 0.2) is 0 Å². The van der Waals surface area contributed by atoms with E-state index in [2.05, 4.69) is 29.4 Å². The van der Waals surface area contributed by atoms with Gasteiger partial charge in [-0.1, -0.05) is 25.1 Å². The van der Waals surface area contributed by atoms with Crippen molar-refractivity contribution in [1.82, 2.24) is 4.90 Å². The predicted molar refractivity (Wildman–Crippen MR) is 93.8 cm³/mol. The summed E-state index contributed by atoms with van der Waals surface area (Å²) in [5, 5.41) is 4.33. The number of nitrogens with zero attached hydrogens (tertiary/aromatic N) is 2. The molecule has 0 amide bonds. The van der Waals surface area contributed by atoms with E-state index in [0.29, 0.717) is 5.90 Å². The number of anilines is 1. The second kappa shape index (κ2) is 9.84. The maximum Gasteiger partial charge on any atom is 0.235 e. The highest BCUT2D eigenvalue weighted by Gasteiger charge is 2.11. The Kier molecular flexibility index (Phi) is 8.07. The van der Waals surface area contributed by atoms with Gasteiger partial charge < -0.3 is 15.4 Å². The second-order valence-corrected chi connectivity index (χ2v) is 5.36. The van der Waals surface area contributed by atoms with E-state index in [1.165, 1.54) is 6.20 Å². The predicted octanol–water partition coefficient (Wildman–Crippen LogP) is 3.02. The summed E-state index contributed by atoms with van der Waals surface area (Å²) in [7, 11) is 2.10. The van der Waals surface area contributed by atoms with Crippen molar-refractivity contribution in [3.63, 3.8) is 0 Å². The Morgan fingerprint density at radius 3 is 2.68 bits per heavy atom. The molecule has 122 valence electrons. The molecule has 22 heavy (non-hydrogen) atoms. The molecule has 0 saturated carbocycles. The lowest BCUT2D eigenvalue weighted by Gasteiger charge is -2.20. The monoisotopic (exact) mass is 304 g/mol. The lowest BCUT2D eigenvalue weighted by molar-refractivity contribution is 0.177. The van der Waals surface area contributed by atoms with Crippen molar-refractivity contribution in [1.29, 1.82) is 0 Å². The van der Waals surface area contributed by atoms with Crippen molar-refractivity contribution in [3.05, 3.63) is 42.1 Å². The fraction of sp³-hybridized carbons (Fsp3) is 0.471. The molecule has 0 heterocycles. The van der Waals surface area contributed by atoms with E-state index in [-0.39, 0.29) is 6.10 Å². The van der Waals surface area contributed by atoms with Crippen molar-refractivity contribution in [2.75, 3.05) is 25.6 Å². The van der Waals surface area contributed by atoms with E-state index in [4.69, 9.17) is 10.5 Å². The smallest absolute Gasteiger partial charge is 0.235 e. The normalized spacial score (nSPS) is 14.0. The van der Waals surface area contributed by atoms with Crippen LogP contribution >= 0.6 is 0 Å². The van der Waals surface area contributed by atoms with E-state index in [9.17, 15) is 0 Å². The van der Waals surface area contributed by atoms with Crippen LogP contribution < -0.4 is 11.2 Å². The molecule has 1 rings (SSSR count). The van der Waals surface area contributed by atoms with Crippen molar-refractivity contribution >= 4 is 11.6 Å². The molecule has 1 atom stereocenters. The minimum Gasteiger partial charge on any atom is -0.473 e. The molecule has 0 bridgehead atoms. The Bertz CT molecular complexity index is 485. The van der Waals surface area contributed by atoms with Gasteiger partial charge in [-0.3, -0.25) is 5.43 Å². The first kappa shape index (κ1) is 18.0. The van der Waals surface area contributed by atoms with Gasteiger partial charge in [0.05, 0.1) is 11.8 Å². The third kappa shape index (κ3) is 6.63.